The summed E-state index contributed by atoms with van der Waals surface area (Å²) in [5, 5.41) is 7.33. The van der Waals surface area contributed by atoms with E-state index < -0.39 is 0 Å². The zero-order valence-electron chi connectivity index (χ0n) is 16.0. The maximum absolute atomic E-state index is 12.7. The van der Waals surface area contributed by atoms with E-state index in [1.54, 1.807) is 29.3 Å². The van der Waals surface area contributed by atoms with Crippen LogP contribution in [0.2, 0.25) is 0 Å². The van der Waals surface area contributed by atoms with Gasteiger partial charge in [-0.05, 0) is 41.9 Å². The molecule has 2 heterocycles. The van der Waals surface area contributed by atoms with Gasteiger partial charge in [-0.25, -0.2) is 4.79 Å². The SMILES string of the molecule is CSc1sc(-c2ccn(C(=O)Nc3ccccc3)n2)c2c1C(=O)CC(C)(C)C2. The topological polar surface area (TPSA) is 64.0 Å². The summed E-state index contributed by atoms with van der Waals surface area (Å²) in [6, 6.07) is 10.8. The van der Waals surface area contributed by atoms with E-state index in [1.807, 2.05) is 42.7 Å². The average molecular weight is 412 g/mol. The summed E-state index contributed by atoms with van der Waals surface area (Å²) < 4.78 is 2.34. The first kappa shape index (κ1) is 19.0. The van der Waals surface area contributed by atoms with Gasteiger partial charge in [-0.2, -0.15) is 9.78 Å². The lowest BCUT2D eigenvalue weighted by Gasteiger charge is -2.29. The van der Waals surface area contributed by atoms with Crippen LogP contribution in [-0.4, -0.2) is 27.9 Å². The second-order valence-electron chi connectivity index (χ2n) is 7.66. The molecule has 0 unspecified atom stereocenters. The Morgan fingerprint density at radius 1 is 1.21 bits per heavy atom. The maximum atomic E-state index is 12.7. The van der Waals surface area contributed by atoms with E-state index in [0.29, 0.717) is 6.42 Å². The number of para-hydroxylation sites is 1. The molecule has 0 bridgehead atoms. The van der Waals surface area contributed by atoms with E-state index in [4.69, 9.17) is 0 Å². The van der Waals surface area contributed by atoms with Crippen LogP contribution in [0.5, 0.6) is 0 Å². The number of nitrogens with one attached hydrogen (secondary N) is 1. The number of ketones is 1. The molecule has 0 fully saturated rings. The molecule has 7 heteroatoms. The number of hydrogen-bond donors (Lipinski definition) is 1. The fourth-order valence-electron chi connectivity index (χ4n) is 3.57. The molecule has 2 aromatic heterocycles. The van der Waals surface area contributed by atoms with Crippen molar-refractivity contribution < 1.29 is 9.59 Å². The highest BCUT2D eigenvalue weighted by Gasteiger charge is 2.36. The number of nitrogens with zero attached hydrogens (tertiary/aromatic N) is 2. The number of carbonyl (C=O) groups is 2. The molecule has 1 aromatic carbocycles. The Morgan fingerprint density at radius 2 is 1.96 bits per heavy atom. The first-order valence-corrected chi connectivity index (χ1v) is 11.1. The highest BCUT2D eigenvalue weighted by atomic mass is 32.2. The van der Waals surface area contributed by atoms with E-state index in [9.17, 15) is 9.59 Å². The highest BCUT2D eigenvalue weighted by molar-refractivity contribution is 8.00. The molecule has 0 aliphatic heterocycles. The predicted octanol–water partition coefficient (Wildman–Crippen LogP) is 5.57. The summed E-state index contributed by atoms with van der Waals surface area (Å²) in [7, 11) is 0. The van der Waals surface area contributed by atoms with Crippen LogP contribution in [0.15, 0.2) is 46.8 Å². The Kier molecular flexibility index (Phi) is 4.89. The van der Waals surface area contributed by atoms with E-state index in [0.717, 1.165) is 38.0 Å². The van der Waals surface area contributed by atoms with E-state index in [-0.39, 0.29) is 17.2 Å². The van der Waals surface area contributed by atoms with Crippen LogP contribution < -0.4 is 5.32 Å². The molecule has 1 N–H and O–H groups in total. The normalized spacial score (nSPS) is 15.3. The van der Waals surface area contributed by atoms with Crippen molar-refractivity contribution in [1.82, 2.24) is 9.78 Å². The molecule has 3 aromatic rings. The van der Waals surface area contributed by atoms with E-state index >= 15 is 0 Å². The smallest absolute Gasteiger partial charge is 0.306 e. The molecule has 0 radical (unpaired) electrons. The number of rotatable bonds is 3. The molecule has 0 spiro atoms. The van der Waals surface area contributed by atoms with Crippen molar-refractivity contribution in [3.05, 3.63) is 53.7 Å². The first-order chi connectivity index (χ1) is 13.4. The summed E-state index contributed by atoms with van der Waals surface area (Å²) in [5.41, 5.74) is 3.31. The minimum absolute atomic E-state index is 0.0666. The standard InChI is InChI=1S/C21H21N3O2S2/c1-21(2)11-14-17(16(25)12-21)19(27-3)28-18(14)15-9-10-24(23-15)20(26)22-13-7-5-4-6-8-13/h4-10H,11-12H2,1-3H3,(H,22,26). The Hall–Kier alpha value is -2.38. The van der Waals surface area contributed by atoms with Crippen molar-refractivity contribution in [2.45, 2.75) is 30.9 Å². The van der Waals surface area contributed by atoms with Crippen LogP contribution in [-0.2, 0) is 6.42 Å². The summed E-state index contributed by atoms with van der Waals surface area (Å²) >= 11 is 3.20. The molecule has 28 heavy (non-hydrogen) atoms. The fourth-order valence-corrected chi connectivity index (χ4v) is 5.63. The molecular weight excluding hydrogens is 390 g/mol. The Morgan fingerprint density at radius 3 is 2.68 bits per heavy atom. The summed E-state index contributed by atoms with van der Waals surface area (Å²) in [5.74, 6) is 0.208. The van der Waals surface area contributed by atoms with Crippen LogP contribution >= 0.6 is 23.1 Å². The van der Waals surface area contributed by atoms with Gasteiger partial charge in [-0.3, -0.25) is 4.79 Å². The third kappa shape index (κ3) is 3.52. The number of amides is 1. The van der Waals surface area contributed by atoms with Gasteiger partial charge < -0.3 is 5.32 Å². The van der Waals surface area contributed by atoms with Crippen molar-refractivity contribution in [2.24, 2.45) is 5.41 Å². The molecule has 1 aliphatic carbocycles. The second-order valence-corrected chi connectivity index (χ2v) is 9.75. The van der Waals surface area contributed by atoms with Crippen molar-refractivity contribution in [3.63, 3.8) is 0 Å². The third-order valence-electron chi connectivity index (χ3n) is 4.79. The van der Waals surface area contributed by atoms with Gasteiger partial charge in [-0.15, -0.1) is 23.1 Å². The predicted molar refractivity (Wildman–Crippen MR) is 115 cm³/mol. The number of Topliss-reactive ketones (excluding diaryl/α,β-unsaturated/α-hetero) is 1. The van der Waals surface area contributed by atoms with Gasteiger partial charge in [0, 0.05) is 23.9 Å². The third-order valence-corrected chi connectivity index (χ3v) is 7.16. The Labute approximate surface area is 172 Å². The molecule has 0 saturated heterocycles. The molecule has 1 aliphatic rings. The lowest BCUT2D eigenvalue weighted by Crippen LogP contribution is -2.26. The molecule has 144 valence electrons. The quantitative estimate of drug-likeness (QED) is 0.572. The van der Waals surface area contributed by atoms with Gasteiger partial charge in [0.1, 0.15) is 5.69 Å². The van der Waals surface area contributed by atoms with E-state index in [2.05, 4.69) is 24.3 Å². The van der Waals surface area contributed by atoms with Crippen molar-refractivity contribution in [1.29, 1.82) is 0 Å². The highest BCUT2D eigenvalue weighted by Crippen LogP contribution is 2.47. The Balaban J connectivity index is 1.68. The number of thiophene rings is 1. The monoisotopic (exact) mass is 411 g/mol. The van der Waals surface area contributed by atoms with Crippen molar-refractivity contribution in [3.8, 4) is 10.6 Å². The summed E-state index contributed by atoms with van der Waals surface area (Å²) in [6.45, 7) is 4.25. The van der Waals surface area contributed by atoms with Gasteiger partial charge in [0.05, 0.1) is 9.09 Å². The first-order valence-electron chi connectivity index (χ1n) is 9.03. The summed E-state index contributed by atoms with van der Waals surface area (Å²) in [4.78, 5) is 26.2. The fraction of sp³-hybridized carbons (Fsp3) is 0.286. The van der Waals surface area contributed by atoms with Crippen LogP contribution in [0.3, 0.4) is 0 Å². The zero-order valence-corrected chi connectivity index (χ0v) is 17.6. The number of carbonyl (C=O) groups excluding carboxylic acids is 2. The van der Waals surface area contributed by atoms with Gasteiger partial charge in [0.25, 0.3) is 0 Å². The number of aromatic nitrogens is 2. The largest absolute Gasteiger partial charge is 0.346 e. The molecule has 1 amide bonds. The molecule has 4 rings (SSSR count). The van der Waals surface area contributed by atoms with Gasteiger partial charge >= 0.3 is 6.03 Å². The van der Waals surface area contributed by atoms with Crippen LogP contribution in [0, 0.1) is 5.41 Å². The number of anilines is 1. The Bertz CT molecular complexity index is 1050. The number of fused-ring (bicyclic) bond motifs is 1. The van der Waals surface area contributed by atoms with Gasteiger partial charge in [0.2, 0.25) is 0 Å². The lowest BCUT2D eigenvalue weighted by atomic mass is 9.74. The maximum Gasteiger partial charge on any atom is 0.346 e. The van der Waals surface area contributed by atoms with Crippen LogP contribution in [0.25, 0.3) is 10.6 Å². The van der Waals surface area contributed by atoms with Gasteiger partial charge in [-0.1, -0.05) is 32.0 Å². The lowest BCUT2D eigenvalue weighted by molar-refractivity contribution is 0.0910. The number of hydrogen-bond acceptors (Lipinski definition) is 5. The molecule has 0 saturated carbocycles. The minimum atomic E-state index is -0.315. The second kappa shape index (κ2) is 7.22. The average Bonchev–Trinajstić information content (AvgIpc) is 3.26. The number of thioether (sulfide) groups is 1. The minimum Gasteiger partial charge on any atom is -0.306 e. The van der Waals surface area contributed by atoms with Crippen molar-refractivity contribution >= 4 is 40.6 Å². The van der Waals surface area contributed by atoms with E-state index in [1.165, 1.54) is 4.68 Å². The van der Waals surface area contributed by atoms with Crippen LogP contribution in [0.1, 0.15) is 36.2 Å². The summed E-state index contributed by atoms with van der Waals surface area (Å²) in [6.07, 6.45) is 5.06. The van der Waals surface area contributed by atoms with Gasteiger partial charge in [0.15, 0.2) is 5.78 Å². The van der Waals surface area contributed by atoms with Crippen LogP contribution in [0.4, 0.5) is 10.5 Å². The molecule has 0 atom stereocenters. The molecule has 5 nitrogen and oxygen atoms in total. The van der Waals surface area contributed by atoms with Crippen molar-refractivity contribution in [2.75, 3.05) is 11.6 Å². The zero-order chi connectivity index (χ0) is 19.9. The number of benzene rings is 1. The molecular formula is C21H21N3O2S2.